The number of hydrogen-bond acceptors (Lipinski definition) is 5. The van der Waals surface area contributed by atoms with Crippen molar-refractivity contribution >= 4 is 32.6 Å². The highest BCUT2D eigenvalue weighted by Crippen LogP contribution is 2.34. The molecule has 2 heterocycles. The molecule has 3 aromatic rings. The Hall–Kier alpha value is -2.44. The van der Waals surface area contributed by atoms with Crippen LogP contribution in [0.5, 0.6) is 5.75 Å². The van der Waals surface area contributed by atoms with E-state index in [1.54, 1.807) is 16.2 Å². The SMILES string of the molecule is CC(C)c1cccc2sc(N(CC3CCCO3)C(=O)CCOc3ccccc3)nc12. The third-order valence-electron chi connectivity index (χ3n) is 5.33. The predicted octanol–water partition coefficient (Wildman–Crippen LogP) is 5.40. The molecule has 0 radical (unpaired) electrons. The smallest absolute Gasteiger partial charge is 0.232 e. The van der Waals surface area contributed by atoms with E-state index in [9.17, 15) is 4.79 Å². The number of rotatable bonds is 8. The van der Waals surface area contributed by atoms with Crippen molar-refractivity contribution in [2.45, 2.75) is 45.1 Å². The van der Waals surface area contributed by atoms with Crippen molar-refractivity contribution < 1.29 is 14.3 Å². The normalized spacial score (nSPS) is 16.3. The largest absolute Gasteiger partial charge is 0.493 e. The van der Waals surface area contributed by atoms with Gasteiger partial charge in [-0.25, -0.2) is 4.98 Å². The van der Waals surface area contributed by atoms with E-state index in [-0.39, 0.29) is 12.0 Å². The Morgan fingerprint density at radius 3 is 2.80 bits per heavy atom. The van der Waals surface area contributed by atoms with Crippen molar-refractivity contribution in [3.05, 3.63) is 54.1 Å². The van der Waals surface area contributed by atoms with Crippen LogP contribution in [0.4, 0.5) is 5.13 Å². The second kappa shape index (κ2) is 9.58. The van der Waals surface area contributed by atoms with Gasteiger partial charge in [0.15, 0.2) is 5.13 Å². The van der Waals surface area contributed by atoms with Crippen molar-refractivity contribution in [1.29, 1.82) is 0 Å². The number of benzene rings is 2. The number of fused-ring (bicyclic) bond motifs is 1. The Balaban J connectivity index is 1.54. The zero-order chi connectivity index (χ0) is 20.9. The summed E-state index contributed by atoms with van der Waals surface area (Å²) in [5.74, 6) is 1.18. The number of ether oxygens (including phenoxy) is 2. The van der Waals surface area contributed by atoms with Crippen molar-refractivity contribution in [3.8, 4) is 5.75 Å². The van der Waals surface area contributed by atoms with Gasteiger partial charge in [-0.1, -0.05) is 55.5 Å². The summed E-state index contributed by atoms with van der Waals surface area (Å²) in [6.45, 7) is 5.99. The summed E-state index contributed by atoms with van der Waals surface area (Å²) >= 11 is 1.58. The average Bonchev–Trinajstić information content (AvgIpc) is 3.41. The second-order valence-electron chi connectivity index (χ2n) is 7.90. The molecule has 1 atom stereocenters. The maximum Gasteiger partial charge on any atom is 0.232 e. The monoisotopic (exact) mass is 424 g/mol. The van der Waals surface area contributed by atoms with Gasteiger partial charge in [0.1, 0.15) is 5.75 Å². The molecule has 5 nitrogen and oxygen atoms in total. The molecule has 0 bridgehead atoms. The highest BCUT2D eigenvalue weighted by molar-refractivity contribution is 7.22. The molecular formula is C24H28N2O3S. The van der Waals surface area contributed by atoms with Gasteiger partial charge >= 0.3 is 0 Å². The van der Waals surface area contributed by atoms with Crippen LogP contribution in [0.25, 0.3) is 10.2 Å². The second-order valence-corrected chi connectivity index (χ2v) is 8.91. The minimum absolute atomic E-state index is 0.0200. The van der Waals surface area contributed by atoms with Gasteiger partial charge in [0, 0.05) is 6.61 Å². The molecule has 1 unspecified atom stereocenters. The summed E-state index contributed by atoms with van der Waals surface area (Å²) < 4.78 is 12.7. The number of anilines is 1. The quantitative estimate of drug-likeness (QED) is 0.486. The number of carbonyl (C=O) groups excluding carboxylic acids is 1. The summed E-state index contributed by atoms with van der Waals surface area (Å²) in [5, 5.41) is 0.748. The molecule has 6 heteroatoms. The molecule has 0 saturated carbocycles. The van der Waals surface area contributed by atoms with E-state index in [4.69, 9.17) is 14.5 Å². The molecule has 1 aliphatic rings. The van der Waals surface area contributed by atoms with E-state index in [1.807, 2.05) is 30.3 Å². The highest BCUT2D eigenvalue weighted by Gasteiger charge is 2.26. The van der Waals surface area contributed by atoms with E-state index >= 15 is 0 Å². The van der Waals surface area contributed by atoms with E-state index in [1.165, 1.54) is 5.56 Å². The molecule has 158 valence electrons. The summed E-state index contributed by atoms with van der Waals surface area (Å²) in [7, 11) is 0. The fourth-order valence-electron chi connectivity index (χ4n) is 3.73. The van der Waals surface area contributed by atoms with Crippen LogP contribution in [-0.4, -0.2) is 36.8 Å². The summed E-state index contributed by atoms with van der Waals surface area (Å²) in [4.78, 5) is 19.9. The van der Waals surface area contributed by atoms with Gasteiger partial charge in [-0.05, 0) is 42.5 Å². The molecule has 4 rings (SSSR count). The molecule has 1 aromatic heterocycles. The van der Waals surface area contributed by atoms with Crippen LogP contribution < -0.4 is 9.64 Å². The number of aromatic nitrogens is 1. The zero-order valence-corrected chi connectivity index (χ0v) is 18.4. The number of thiazole rings is 1. The zero-order valence-electron chi connectivity index (χ0n) is 17.5. The lowest BCUT2D eigenvalue weighted by molar-refractivity contribution is -0.119. The van der Waals surface area contributed by atoms with Crippen LogP contribution in [0.15, 0.2) is 48.5 Å². The number of hydrogen-bond donors (Lipinski definition) is 0. The van der Waals surface area contributed by atoms with Crippen molar-refractivity contribution in [3.63, 3.8) is 0 Å². The lowest BCUT2D eigenvalue weighted by Crippen LogP contribution is -2.38. The third-order valence-corrected chi connectivity index (χ3v) is 6.37. The van der Waals surface area contributed by atoms with Crippen LogP contribution in [-0.2, 0) is 9.53 Å². The van der Waals surface area contributed by atoms with Crippen molar-refractivity contribution in [2.24, 2.45) is 0 Å². The Bertz CT molecular complexity index is 981. The van der Waals surface area contributed by atoms with Crippen molar-refractivity contribution in [1.82, 2.24) is 4.98 Å². The summed E-state index contributed by atoms with van der Waals surface area (Å²) in [6, 6.07) is 15.9. The minimum Gasteiger partial charge on any atom is -0.493 e. The Morgan fingerprint density at radius 1 is 1.23 bits per heavy atom. The molecule has 1 saturated heterocycles. The van der Waals surface area contributed by atoms with Gasteiger partial charge in [0.25, 0.3) is 0 Å². The van der Waals surface area contributed by atoms with Gasteiger partial charge < -0.3 is 9.47 Å². The Morgan fingerprint density at radius 2 is 2.07 bits per heavy atom. The number of para-hydroxylation sites is 2. The summed E-state index contributed by atoms with van der Waals surface area (Å²) in [6.07, 6.45) is 2.39. The standard InChI is InChI=1S/C24H28N2O3S/c1-17(2)20-11-6-12-21-23(20)25-24(30-21)26(16-19-10-7-14-28-19)22(27)13-15-29-18-8-4-3-5-9-18/h3-6,8-9,11-12,17,19H,7,10,13-16H2,1-2H3. The maximum absolute atomic E-state index is 13.2. The van der Waals surface area contributed by atoms with Gasteiger partial charge in [-0.15, -0.1) is 0 Å². The average molecular weight is 425 g/mol. The fraction of sp³-hybridized carbons (Fsp3) is 0.417. The predicted molar refractivity (Wildman–Crippen MR) is 122 cm³/mol. The van der Waals surface area contributed by atoms with E-state index in [0.717, 1.165) is 40.5 Å². The first-order valence-electron chi connectivity index (χ1n) is 10.6. The minimum atomic E-state index is 0.0200. The Kier molecular flexibility index (Phi) is 6.65. The molecular weight excluding hydrogens is 396 g/mol. The van der Waals surface area contributed by atoms with Crippen LogP contribution in [0.1, 0.15) is 44.6 Å². The number of nitrogens with zero attached hydrogens (tertiary/aromatic N) is 2. The molecule has 0 N–H and O–H groups in total. The first-order valence-corrected chi connectivity index (χ1v) is 11.4. The fourth-order valence-corrected chi connectivity index (χ4v) is 4.75. The maximum atomic E-state index is 13.2. The lowest BCUT2D eigenvalue weighted by Gasteiger charge is -2.23. The van der Waals surface area contributed by atoms with Gasteiger partial charge in [0.05, 0.1) is 35.9 Å². The van der Waals surface area contributed by atoms with Crippen LogP contribution in [0.3, 0.4) is 0 Å². The molecule has 1 fully saturated rings. The van der Waals surface area contributed by atoms with E-state index in [2.05, 4.69) is 32.0 Å². The topological polar surface area (TPSA) is 51.7 Å². The lowest BCUT2D eigenvalue weighted by atomic mass is 10.0. The van der Waals surface area contributed by atoms with Crippen molar-refractivity contribution in [2.75, 3.05) is 24.7 Å². The molecule has 30 heavy (non-hydrogen) atoms. The van der Waals surface area contributed by atoms with E-state index < -0.39 is 0 Å². The van der Waals surface area contributed by atoms with Crippen LogP contribution in [0.2, 0.25) is 0 Å². The first kappa shape index (κ1) is 20.8. The van der Waals surface area contributed by atoms with Crippen LogP contribution in [0, 0.1) is 0 Å². The molecule has 0 aliphatic carbocycles. The first-order chi connectivity index (χ1) is 14.6. The Labute approximate surface area is 181 Å². The highest BCUT2D eigenvalue weighted by atomic mass is 32.1. The van der Waals surface area contributed by atoms with Crippen LogP contribution >= 0.6 is 11.3 Å². The molecule has 2 aromatic carbocycles. The molecule has 1 amide bonds. The summed E-state index contributed by atoms with van der Waals surface area (Å²) in [5.41, 5.74) is 2.21. The van der Waals surface area contributed by atoms with Gasteiger partial charge in [-0.2, -0.15) is 0 Å². The van der Waals surface area contributed by atoms with Gasteiger partial charge in [0.2, 0.25) is 5.91 Å². The molecule has 1 aliphatic heterocycles. The van der Waals surface area contributed by atoms with E-state index in [0.29, 0.717) is 25.5 Å². The molecule has 0 spiro atoms. The number of amides is 1. The van der Waals surface area contributed by atoms with Gasteiger partial charge in [-0.3, -0.25) is 9.69 Å². The number of carbonyl (C=O) groups is 1. The third kappa shape index (κ3) is 4.82.